The van der Waals surface area contributed by atoms with Gasteiger partial charge in [-0.2, -0.15) is 0 Å². The second-order valence-electron chi connectivity index (χ2n) is 8.04. The molecule has 0 radical (unpaired) electrons. The Morgan fingerprint density at radius 2 is 0.759 bits per heavy atom. The molecule has 0 atom stereocenters. The fourth-order valence-corrected chi connectivity index (χ4v) is 5.69. The van der Waals surface area contributed by atoms with Gasteiger partial charge in [-0.25, -0.2) is 0 Å². The van der Waals surface area contributed by atoms with E-state index in [1.54, 1.807) is 33.4 Å². The maximum atomic E-state index is 2.39. The molecule has 0 aliphatic carbocycles. The third kappa shape index (κ3) is 5.66. The lowest BCUT2D eigenvalue weighted by Gasteiger charge is -2.24. The summed E-state index contributed by atoms with van der Waals surface area (Å²) in [6.07, 6.45) is 7.14. The van der Waals surface area contributed by atoms with Crippen molar-refractivity contribution in [2.45, 2.75) is 108 Å². The molecule has 0 saturated carbocycles. The maximum Gasteiger partial charge on any atom is 0.0165 e. The molecule has 0 spiro atoms. The van der Waals surface area contributed by atoms with Crippen LogP contribution in [0.4, 0.5) is 0 Å². The predicted octanol–water partition coefficient (Wildman–Crippen LogP) is 8.59. The van der Waals surface area contributed by atoms with E-state index >= 15 is 0 Å². The summed E-state index contributed by atoms with van der Waals surface area (Å²) in [6.45, 7) is 22.6. The zero-order valence-corrected chi connectivity index (χ0v) is 22.9. The highest BCUT2D eigenvalue weighted by Gasteiger charge is 2.18. The Labute approximate surface area is 195 Å². The molecule has 0 heterocycles. The Bertz CT molecular complexity index is 680. The number of hydrogen-bond acceptors (Lipinski definition) is 0. The lowest BCUT2D eigenvalue weighted by molar-refractivity contribution is 0.876. The average molecular weight is 507 g/mol. The molecule has 0 saturated heterocycles. The highest BCUT2D eigenvalue weighted by atomic mass is 127. The van der Waals surface area contributed by atoms with E-state index < -0.39 is 0 Å². The topological polar surface area (TPSA) is 0 Å². The van der Waals surface area contributed by atoms with Gasteiger partial charge in [-0.1, -0.05) is 41.5 Å². The van der Waals surface area contributed by atoms with Gasteiger partial charge in [-0.05, 0) is 151 Å². The van der Waals surface area contributed by atoms with E-state index in [-0.39, 0.29) is 0 Å². The summed E-state index contributed by atoms with van der Waals surface area (Å²) in [5.41, 5.74) is 15.6. The molecule has 0 fully saturated rings. The molecule has 1 heteroatoms. The third-order valence-corrected chi connectivity index (χ3v) is 7.85. The fraction of sp³-hybridized carbons (Fsp3) is 0.571. The fourth-order valence-electron chi connectivity index (χ4n) is 4.82. The molecule has 2 aromatic rings. The first-order valence-corrected chi connectivity index (χ1v) is 12.7. The molecule has 0 bridgehead atoms. The molecule has 2 rings (SSSR count). The minimum Gasteiger partial charge on any atom is -0.0613 e. The molecule has 0 aliphatic heterocycles. The number of halogens is 1. The van der Waals surface area contributed by atoms with Gasteiger partial charge in [0.1, 0.15) is 0 Å². The molecule has 162 valence electrons. The third-order valence-electron chi connectivity index (χ3n) is 6.72. The van der Waals surface area contributed by atoms with Crippen LogP contribution in [-0.4, -0.2) is 0 Å². The summed E-state index contributed by atoms with van der Waals surface area (Å²) in [5.74, 6) is 0. The number of aryl methyl sites for hydroxylation is 1. The van der Waals surface area contributed by atoms with Crippen molar-refractivity contribution in [3.8, 4) is 0 Å². The number of rotatable bonds is 6. The first-order valence-electron chi connectivity index (χ1n) is 11.6. The van der Waals surface area contributed by atoms with Crippen molar-refractivity contribution in [1.29, 1.82) is 0 Å². The van der Waals surface area contributed by atoms with Crippen LogP contribution in [0.15, 0.2) is 6.07 Å². The van der Waals surface area contributed by atoms with Gasteiger partial charge in [0.25, 0.3) is 0 Å². The minimum atomic E-state index is 1.19. The van der Waals surface area contributed by atoms with Gasteiger partial charge in [0, 0.05) is 3.57 Å². The number of benzene rings is 2. The largest absolute Gasteiger partial charge is 0.0613 e. The minimum absolute atomic E-state index is 1.19. The van der Waals surface area contributed by atoms with E-state index in [2.05, 4.69) is 97.9 Å². The summed E-state index contributed by atoms with van der Waals surface area (Å²) in [6, 6.07) is 2.25. The van der Waals surface area contributed by atoms with Crippen LogP contribution in [0.25, 0.3) is 0 Å². The van der Waals surface area contributed by atoms with Gasteiger partial charge in [0.15, 0.2) is 0 Å². The van der Waals surface area contributed by atoms with E-state index in [4.69, 9.17) is 0 Å². The van der Waals surface area contributed by atoms with Crippen molar-refractivity contribution in [1.82, 2.24) is 0 Å². The van der Waals surface area contributed by atoms with Gasteiger partial charge in [0.2, 0.25) is 0 Å². The molecular weight excluding hydrogens is 463 g/mol. The van der Waals surface area contributed by atoms with E-state index in [9.17, 15) is 0 Å². The molecule has 0 unspecified atom stereocenters. The van der Waals surface area contributed by atoms with Crippen molar-refractivity contribution >= 4 is 22.6 Å². The van der Waals surface area contributed by atoms with Gasteiger partial charge in [0.05, 0.1) is 0 Å². The van der Waals surface area contributed by atoms with Crippen molar-refractivity contribution in [3.63, 3.8) is 0 Å². The summed E-state index contributed by atoms with van der Waals surface area (Å²) in [5, 5.41) is 0. The second-order valence-corrected chi connectivity index (χ2v) is 9.21. The quantitative estimate of drug-likeness (QED) is 0.344. The standard InChI is InChI=1S/C18H30.C10H13I/c1-7-13-14(8-2)16(10-4)18(12-6)17(11-5)15(13)9-3;1-6-5-10(11)9(4)8(3)7(6)2/h7-12H2,1-6H3;5H,1-4H3. The van der Waals surface area contributed by atoms with E-state index in [0.29, 0.717) is 0 Å². The molecule has 0 aliphatic rings. The van der Waals surface area contributed by atoms with Crippen molar-refractivity contribution < 1.29 is 0 Å². The van der Waals surface area contributed by atoms with Crippen LogP contribution in [0.5, 0.6) is 0 Å². The van der Waals surface area contributed by atoms with E-state index in [0.717, 1.165) is 0 Å². The Morgan fingerprint density at radius 1 is 0.483 bits per heavy atom. The zero-order valence-electron chi connectivity index (χ0n) is 20.7. The van der Waals surface area contributed by atoms with Crippen molar-refractivity contribution in [3.05, 3.63) is 65.3 Å². The SMILES string of the molecule is CCc1c(CC)c(CC)c(CC)c(CC)c1CC.Cc1cc(I)c(C)c(C)c1C. The van der Waals surface area contributed by atoms with Crippen LogP contribution in [-0.2, 0) is 38.5 Å². The van der Waals surface area contributed by atoms with Crippen LogP contribution in [0.2, 0.25) is 0 Å². The molecule has 0 amide bonds. The van der Waals surface area contributed by atoms with Crippen LogP contribution in [0.3, 0.4) is 0 Å². The maximum absolute atomic E-state index is 2.39. The van der Waals surface area contributed by atoms with Crippen molar-refractivity contribution in [2.75, 3.05) is 0 Å². The molecule has 2 aromatic carbocycles. The van der Waals surface area contributed by atoms with Crippen molar-refractivity contribution in [2.24, 2.45) is 0 Å². The Morgan fingerprint density at radius 3 is 1.00 bits per heavy atom. The van der Waals surface area contributed by atoms with Gasteiger partial charge >= 0.3 is 0 Å². The number of hydrogen-bond donors (Lipinski definition) is 0. The van der Waals surface area contributed by atoms with Crippen LogP contribution in [0, 0.1) is 31.3 Å². The summed E-state index contributed by atoms with van der Waals surface area (Å²) in [7, 11) is 0. The normalized spacial score (nSPS) is 10.7. The zero-order chi connectivity index (χ0) is 22.3. The van der Waals surface area contributed by atoms with E-state index in [1.807, 2.05) is 0 Å². The molecule has 0 aromatic heterocycles. The van der Waals surface area contributed by atoms with E-state index in [1.165, 1.54) is 64.3 Å². The highest BCUT2D eigenvalue weighted by molar-refractivity contribution is 14.1. The molecule has 0 nitrogen and oxygen atoms in total. The molecular formula is C28H43I. The summed E-state index contributed by atoms with van der Waals surface area (Å²) >= 11 is 2.39. The Hall–Kier alpha value is -0.830. The van der Waals surface area contributed by atoms with Gasteiger partial charge in [-0.3, -0.25) is 0 Å². The summed E-state index contributed by atoms with van der Waals surface area (Å²) in [4.78, 5) is 0. The predicted molar refractivity (Wildman–Crippen MR) is 141 cm³/mol. The molecule has 0 N–H and O–H groups in total. The summed E-state index contributed by atoms with van der Waals surface area (Å²) < 4.78 is 1.38. The lowest BCUT2D eigenvalue weighted by Crippen LogP contribution is -2.11. The first-order chi connectivity index (χ1) is 13.7. The highest BCUT2D eigenvalue weighted by Crippen LogP contribution is 2.31. The first kappa shape index (κ1) is 26.2. The molecule has 29 heavy (non-hydrogen) atoms. The van der Waals surface area contributed by atoms with Gasteiger partial charge < -0.3 is 0 Å². The second kappa shape index (κ2) is 12.1. The average Bonchev–Trinajstić information content (AvgIpc) is 2.74. The van der Waals surface area contributed by atoms with Crippen LogP contribution in [0.1, 0.15) is 97.2 Å². The van der Waals surface area contributed by atoms with Crippen LogP contribution >= 0.6 is 22.6 Å². The lowest BCUT2D eigenvalue weighted by atomic mass is 9.81. The van der Waals surface area contributed by atoms with Crippen LogP contribution < -0.4 is 0 Å². The van der Waals surface area contributed by atoms with Gasteiger partial charge in [-0.15, -0.1) is 0 Å². The smallest absolute Gasteiger partial charge is 0.0165 e. The Kier molecular flexibility index (Phi) is 11.0. The Balaban J connectivity index is 0.000000326. The monoisotopic (exact) mass is 506 g/mol.